The molecule has 2 heterocycles. The van der Waals surface area contributed by atoms with Gasteiger partial charge in [0.15, 0.2) is 0 Å². The van der Waals surface area contributed by atoms with Gasteiger partial charge in [0.1, 0.15) is 0 Å². The van der Waals surface area contributed by atoms with Crippen molar-refractivity contribution in [3.8, 4) is 11.3 Å². The van der Waals surface area contributed by atoms with Crippen molar-refractivity contribution in [2.75, 3.05) is 13.1 Å². The van der Waals surface area contributed by atoms with Gasteiger partial charge in [-0.15, -0.1) is 0 Å². The van der Waals surface area contributed by atoms with Crippen molar-refractivity contribution in [2.45, 2.75) is 40.0 Å². The number of hydrogen-bond acceptors (Lipinski definition) is 2. The molecule has 0 radical (unpaired) electrons. The van der Waals surface area contributed by atoms with E-state index in [1.54, 1.807) is 0 Å². The Morgan fingerprint density at radius 3 is 2.33 bits per heavy atom. The van der Waals surface area contributed by atoms with Crippen LogP contribution in [0.15, 0.2) is 53.0 Å². The van der Waals surface area contributed by atoms with Gasteiger partial charge in [0.2, 0.25) is 0 Å². The number of halogens is 1. The number of fused-ring (bicyclic) bond motifs is 1. The quantitative estimate of drug-likeness (QED) is 0.421. The minimum absolute atomic E-state index is 0.110. The largest absolute Gasteiger partial charge is 0.338 e. The minimum atomic E-state index is 0.110. The van der Waals surface area contributed by atoms with Gasteiger partial charge in [-0.3, -0.25) is 4.79 Å². The molecule has 3 aromatic rings. The summed E-state index contributed by atoms with van der Waals surface area (Å²) in [5.74, 6) is 1.65. The number of piperidine rings is 1. The molecular formula is C26H29BrN2O. The third-order valence-electron chi connectivity index (χ3n) is 6.03. The van der Waals surface area contributed by atoms with Gasteiger partial charge < -0.3 is 4.90 Å². The molecule has 0 N–H and O–H groups in total. The molecular weight excluding hydrogens is 436 g/mol. The average molecular weight is 465 g/mol. The molecule has 4 rings (SSSR count). The number of nitrogens with zero attached hydrogens (tertiary/aromatic N) is 2. The van der Waals surface area contributed by atoms with Crippen LogP contribution in [0.25, 0.3) is 22.2 Å². The molecule has 1 saturated heterocycles. The van der Waals surface area contributed by atoms with Crippen molar-refractivity contribution in [3.63, 3.8) is 0 Å². The van der Waals surface area contributed by atoms with Crippen LogP contribution in [0, 0.1) is 11.8 Å². The van der Waals surface area contributed by atoms with Crippen LogP contribution in [-0.4, -0.2) is 28.9 Å². The molecule has 1 amide bonds. The lowest BCUT2D eigenvalue weighted by atomic mass is 9.91. The Morgan fingerprint density at radius 2 is 1.70 bits per heavy atom. The molecule has 1 aliphatic heterocycles. The first-order valence-electron chi connectivity index (χ1n) is 10.8. The summed E-state index contributed by atoms with van der Waals surface area (Å²) in [5, 5.41) is 0.905. The van der Waals surface area contributed by atoms with Crippen LogP contribution < -0.4 is 0 Å². The normalized spacial score (nSPS) is 19.5. The summed E-state index contributed by atoms with van der Waals surface area (Å²) >= 11 is 3.56. The molecule has 2 aromatic carbocycles. The Bertz CT molecular complexity index is 1060. The third kappa shape index (κ3) is 4.29. The summed E-state index contributed by atoms with van der Waals surface area (Å²) < 4.78 is 0.959. The van der Waals surface area contributed by atoms with Crippen LogP contribution in [0.1, 0.15) is 56.0 Å². The zero-order chi connectivity index (χ0) is 21.4. The third-order valence-corrected chi connectivity index (χ3v) is 6.52. The van der Waals surface area contributed by atoms with Gasteiger partial charge in [0.05, 0.1) is 16.8 Å². The first kappa shape index (κ1) is 21.0. The second-order valence-electron chi connectivity index (χ2n) is 9.15. The first-order chi connectivity index (χ1) is 14.3. The fourth-order valence-corrected chi connectivity index (χ4v) is 4.92. The highest BCUT2D eigenvalue weighted by molar-refractivity contribution is 9.10. The standard InChI is InChI=1S/C26H29BrN2O/c1-16(2)19-5-7-20(8-6-19)25-13-23(22-12-21(27)9-10-24(22)28-25)26(30)29-14-17(3)11-18(4)15-29/h5-10,12-13,16-18H,11,14-15H2,1-4H3. The van der Waals surface area contributed by atoms with E-state index in [4.69, 9.17) is 4.98 Å². The molecule has 2 atom stereocenters. The van der Waals surface area contributed by atoms with Crippen molar-refractivity contribution < 1.29 is 4.79 Å². The highest BCUT2D eigenvalue weighted by atomic mass is 79.9. The lowest BCUT2D eigenvalue weighted by Gasteiger charge is -2.35. The maximum Gasteiger partial charge on any atom is 0.254 e. The van der Waals surface area contributed by atoms with E-state index in [9.17, 15) is 4.79 Å². The van der Waals surface area contributed by atoms with Crippen molar-refractivity contribution in [2.24, 2.45) is 11.8 Å². The zero-order valence-electron chi connectivity index (χ0n) is 18.2. The Kier molecular flexibility index (Phi) is 5.97. The number of benzene rings is 2. The molecule has 30 heavy (non-hydrogen) atoms. The van der Waals surface area contributed by atoms with E-state index >= 15 is 0 Å². The van der Waals surface area contributed by atoms with Gasteiger partial charge in [0, 0.05) is 28.5 Å². The minimum Gasteiger partial charge on any atom is -0.338 e. The van der Waals surface area contributed by atoms with Gasteiger partial charge in [-0.25, -0.2) is 4.98 Å². The summed E-state index contributed by atoms with van der Waals surface area (Å²) in [4.78, 5) is 20.5. The predicted octanol–water partition coefficient (Wildman–Crippen LogP) is 6.91. The monoisotopic (exact) mass is 464 g/mol. The number of amides is 1. The average Bonchev–Trinajstić information content (AvgIpc) is 2.72. The summed E-state index contributed by atoms with van der Waals surface area (Å²) in [6, 6.07) is 16.5. The Hall–Kier alpha value is -2.20. The number of aromatic nitrogens is 1. The molecule has 3 nitrogen and oxygen atoms in total. The SMILES string of the molecule is CC1CC(C)CN(C(=O)c2cc(-c3ccc(C(C)C)cc3)nc3ccc(Br)cc23)C1. The first-order valence-corrected chi connectivity index (χ1v) is 11.6. The van der Waals surface area contributed by atoms with E-state index in [1.165, 1.54) is 12.0 Å². The van der Waals surface area contributed by atoms with E-state index in [0.717, 1.165) is 45.3 Å². The maximum atomic E-state index is 13.6. The molecule has 0 spiro atoms. The van der Waals surface area contributed by atoms with Gasteiger partial charge in [-0.1, -0.05) is 67.9 Å². The molecule has 0 bridgehead atoms. The van der Waals surface area contributed by atoms with E-state index in [1.807, 2.05) is 29.2 Å². The molecule has 0 aliphatic carbocycles. The summed E-state index contributed by atoms with van der Waals surface area (Å²) in [6.45, 7) is 10.5. The van der Waals surface area contributed by atoms with Gasteiger partial charge in [-0.05, 0) is 54.0 Å². The lowest BCUT2D eigenvalue weighted by Crippen LogP contribution is -2.42. The van der Waals surface area contributed by atoms with Crippen molar-refractivity contribution in [1.82, 2.24) is 9.88 Å². The van der Waals surface area contributed by atoms with Crippen LogP contribution >= 0.6 is 15.9 Å². The molecule has 1 aromatic heterocycles. The lowest BCUT2D eigenvalue weighted by molar-refractivity contribution is 0.0625. The van der Waals surface area contributed by atoms with E-state index < -0.39 is 0 Å². The molecule has 1 fully saturated rings. The second-order valence-corrected chi connectivity index (χ2v) is 10.1. The molecule has 0 saturated carbocycles. The fraction of sp³-hybridized carbons (Fsp3) is 0.385. The smallest absolute Gasteiger partial charge is 0.254 e. The summed E-state index contributed by atoms with van der Waals surface area (Å²) in [7, 11) is 0. The number of carbonyl (C=O) groups is 1. The molecule has 4 heteroatoms. The maximum absolute atomic E-state index is 13.6. The number of carbonyl (C=O) groups excluding carboxylic acids is 1. The van der Waals surface area contributed by atoms with Crippen LogP contribution in [0.3, 0.4) is 0 Å². The van der Waals surface area contributed by atoms with Crippen LogP contribution in [0.2, 0.25) is 0 Å². The fourth-order valence-electron chi connectivity index (χ4n) is 4.56. The highest BCUT2D eigenvalue weighted by Crippen LogP contribution is 2.30. The Morgan fingerprint density at radius 1 is 1.03 bits per heavy atom. The zero-order valence-corrected chi connectivity index (χ0v) is 19.7. The second kappa shape index (κ2) is 8.50. The van der Waals surface area contributed by atoms with Crippen molar-refractivity contribution >= 4 is 32.7 Å². The molecule has 2 unspecified atom stereocenters. The Labute approximate surface area is 187 Å². The number of rotatable bonds is 3. The van der Waals surface area contributed by atoms with Crippen LogP contribution in [0.5, 0.6) is 0 Å². The van der Waals surface area contributed by atoms with Crippen molar-refractivity contribution in [1.29, 1.82) is 0 Å². The van der Waals surface area contributed by atoms with E-state index in [2.05, 4.69) is 67.9 Å². The van der Waals surface area contributed by atoms with Gasteiger partial charge >= 0.3 is 0 Å². The molecule has 1 aliphatic rings. The van der Waals surface area contributed by atoms with Gasteiger partial charge in [-0.2, -0.15) is 0 Å². The summed E-state index contributed by atoms with van der Waals surface area (Å²) in [5.41, 5.74) is 4.78. The number of likely N-dealkylation sites (tertiary alicyclic amines) is 1. The Balaban J connectivity index is 1.81. The van der Waals surface area contributed by atoms with Crippen LogP contribution in [-0.2, 0) is 0 Å². The summed E-state index contributed by atoms with van der Waals surface area (Å²) in [6.07, 6.45) is 1.18. The highest BCUT2D eigenvalue weighted by Gasteiger charge is 2.27. The molecule has 156 valence electrons. The predicted molar refractivity (Wildman–Crippen MR) is 128 cm³/mol. The topological polar surface area (TPSA) is 33.2 Å². The van der Waals surface area contributed by atoms with E-state index in [-0.39, 0.29) is 5.91 Å². The van der Waals surface area contributed by atoms with Crippen LogP contribution in [0.4, 0.5) is 0 Å². The number of pyridine rings is 1. The number of hydrogen-bond donors (Lipinski definition) is 0. The van der Waals surface area contributed by atoms with E-state index in [0.29, 0.717) is 17.8 Å². The van der Waals surface area contributed by atoms with Crippen molar-refractivity contribution in [3.05, 3.63) is 64.1 Å². The van der Waals surface area contributed by atoms with Gasteiger partial charge in [0.25, 0.3) is 5.91 Å².